The van der Waals surface area contributed by atoms with E-state index in [-0.39, 0.29) is 58.8 Å². The zero-order valence-electron chi connectivity index (χ0n) is 25.6. The highest BCUT2D eigenvalue weighted by atomic mass is 19.3. The molecule has 8 rings (SSSR count). The first kappa shape index (κ1) is 30.2. The molecule has 4 fully saturated rings. The first-order valence-corrected chi connectivity index (χ1v) is 16.1. The summed E-state index contributed by atoms with van der Waals surface area (Å²) in [7, 11) is 0. The van der Waals surface area contributed by atoms with Crippen molar-refractivity contribution < 1.29 is 31.8 Å². The topological polar surface area (TPSA) is 61.7 Å². The van der Waals surface area contributed by atoms with Crippen molar-refractivity contribution in [2.24, 2.45) is 5.41 Å². The van der Waals surface area contributed by atoms with Gasteiger partial charge >= 0.3 is 6.01 Å². The van der Waals surface area contributed by atoms with Crippen LogP contribution in [0.1, 0.15) is 50.5 Å². The molecule has 1 spiro atoms. The van der Waals surface area contributed by atoms with E-state index in [2.05, 4.69) is 15.8 Å². The second kappa shape index (κ2) is 10.7. The number of piperidine rings is 1. The molecule has 1 N–H and O–H groups in total. The molecular formula is C36H33F5N4O2. The summed E-state index contributed by atoms with van der Waals surface area (Å²) in [4.78, 5) is 13.3. The van der Waals surface area contributed by atoms with Crippen LogP contribution in [0.5, 0.6) is 11.8 Å². The number of terminal acetylenes is 1. The van der Waals surface area contributed by atoms with E-state index >= 15 is 4.39 Å². The molecule has 0 amide bonds. The Morgan fingerprint density at radius 3 is 2.53 bits per heavy atom. The Labute approximate surface area is 268 Å². The lowest BCUT2D eigenvalue weighted by Gasteiger charge is -2.52. The van der Waals surface area contributed by atoms with Crippen LogP contribution in [0.4, 0.5) is 27.8 Å². The van der Waals surface area contributed by atoms with Crippen LogP contribution in [0, 0.1) is 29.4 Å². The lowest BCUT2D eigenvalue weighted by molar-refractivity contribution is -0.168. The number of phenols is 1. The van der Waals surface area contributed by atoms with Gasteiger partial charge in [0, 0.05) is 55.2 Å². The Hall–Kier alpha value is -4.17. The number of alkyl halides is 3. The molecule has 11 heteroatoms. The van der Waals surface area contributed by atoms with Gasteiger partial charge in [-0.15, -0.1) is 6.42 Å². The first-order valence-electron chi connectivity index (χ1n) is 16.1. The molecule has 0 radical (unpaired) electrons. The quantitative estimate of drug-likeness (QED) is 0.180. The molecule has 4 aliphatic rings. The highest BCUT2D eigenvalue weighted by Crippen LogP contribution is 2.57. The maximum Gasteiger partial charge on any atom is 0.319 e. The van der Waals surface area contributed by atoms with Crippen LogP contribution in [0.3, 0.4) is 0 Å². The third kappa shape index (κ3) is 4.95. The lowest BCUT2D eigenvalue weighted by Crippen LogP contribution is -2.52. The van der Waals surface area contributed by atoms with Gasteiger partial charge in [0.05, 0.1) is 11.1 Å². The van der Waals surface area contributed by atoms with Gasteiger partial charge < -0.3 is 14.7 Å². The summed E-state index contributed by atoms with van der Waals surface area (Å²) < 4.78 is 80.0. The van der Waals surface area contributed by atoms with Crippen molar-refractivity contribution in [2.75, 3.05) is 37.7 Å². The standard InChI is InChI=1S/C36H33F5N4O2/c1-2-24-28(38)7-4-21-14-23(46)15-27(29(21)24)25-5-6-26-31(30(25)39)42-33(47-20-35-8-3-11-45(35)17-22(37)16-35)43-32(26)44-12-9-34(10-13-44)18-36(40,41)19-34/h1,4-7,14-15,22,46H,3,8-13,16-20H2/t22-,35+/m1/s1. The summed E-state index contributed by atoms with van der Waals surface area (Å²) in [6, 6.07) is 8.57. The molecule has 3 aromatic carbocycles. The number of hydrogen-bond acceptors (Lipinski definition) is 6. The zero-order valence-corrected chi connectivity index (χ0v) is 25.6. The van der Waals surface area contributed by atoms with Crippen molar-refractivity contribution in [1.29, 1.82) is 0 Å². The van der Waals surface area contributed by atoms with Crippen molar-refractivity contribution in [2.45, 2.75) is 62.6 Å². The van der Waals surface area contributed by atoms with Crippen LogP contribution in [0.2, 0.25) is 0 Å². The minimum absolute atomic E-state index is 0.0435. The number of benzene rings is 3. The smallest absolute Gasteiger partial charge is 0.319 e. The van der Waals surface area contributed by atoms with Crippen molar-refractivity contribution >= 4 is 27.5 Å². The lowest BCUT2D eigenvalue weighted by atomic mass is 9.61. The molecule has 3 saturated heterocycles. The van der Waals surface area contributed by atoms with E-state index < -0.39 is 34.7 Å². The molecule has 4 heterocycles. The average Bonchev–Trinajstić information content (AvgIpc) is 3.55. The van der Waals surface area contributed by atoms with Crippen LogP contribution < -0.4 is 9.64 Å². The highest BCUT2D eigenvalue weighted by Gasteiger charge is 2.57. The van der Waals surface area contributed by atoms with Gasteiger partial charge in [-0.25, -0.2) is 22.0 Å². The number of hydrogen-bond donors (Lipinski definition) is 1. The van der Waals surface area contributed by atoms with Crippen LogP contribution in [0.15, 0.2) is 36.4 Å². The van der Waals surface area contributed by atoms with E-state index in [0.29, 0.717) is 55.5 Å². The third-order valence-electron chi connectivity index (χ3n) is 10.9. The largest absolute Gasteiger partial charge is 0.508 e. The normalized spacial score (nSPS) is 24.9. The Kier molecular flexibility index (Phi) is 6.85. The van der Waals surface area contributed by atoms with Crippen molar-refractivity contribution in [3.8, 4) is 35.2 Å². The fourth-order valence-corrected chi connectivity index (χ4v) is 8.66. The number of aromatic nitrogens is 2. The Bertz CT molecular complexity index is 1960. The highest BCUT2D eigenvalue weighted by molar-refractivity contribution is 6.04. The van der Waals surface area contributed by atoms with Gasteiger partial charge in [0.2, 0.25) is 5.92 Å². The number of rotatable bonds is 5. The minimum Gasteiger partial charge on any atom is -0.508 e. The van der Waals surface area contributed by atoms with Gasteiger partial charge in [0.1, 0.15) is 35.7 Å². The summed E-state index contributed by atoms with van der Waals surface area (Å²) in [5.74, 6) is -1.39. The van der Waals surface area contributed by atoms with Gasteiger partial charge in [-0.3, -0.25) is 4.90 Å². The molecule has 0 bridgehead atoms. The number of aromatic hydroxyl groups is 1. The predicted octanol–water partition coefficient (Wildman–Crippen LogP) is 7.39. The van der Waals surface area contributed by atoms with E-state index in [0.717, 1.165) is 19.4 Å². The fourth-order valence-electron chi connectivity index (χ4n) is 8.66. The number of ether oxygens (including phenoxy) is 1. The molecule has 3 aliphatic heterocycles. The second-order valence-corrected chi connectivity index (χ2v) is 13.9. The van der Waals surface area contributed by atoms with Gasteiger partial charge in [-0.2, -0.15) is 9.97 Å². The van der Waals surface area contributed by atoms with Gasteiger partial charge in [-0.1, -0.05) is 18.1 Å². The Morgan fingerprint density at radius 1 is 1.00 bits per heavy atom. The molecule has 244 valence electrons. The third-order valence-corrected chi connectivity index (χ3v) is 10.9. The monoisotopic (exact) mass is 648 g/mol. The fraction of sp³-hybridized carbons (Fsp3) is 0.444. The molecule has 1 aromatic heterocycles. The number of nitrogens with zero attached hydrogens (tertiary/aromatic N) is 4. The second-order valence-electron chi connectivity index (χ2n) is 13.9. The summed E-state index contributed by atoms with van der Waals surface area (Å²) in [6.45, 7) is 2.17. The zero-order chi connectivity index (χ0) is 32.7. The number of phenolic OH excluding ortho intramolecular Hbond substituents is 1. The van der Waals surface area contributed by atoms with Crippen molar-refractivity contribution in [1.82, 2.24) is 14.9 Å². The molecule has 1 saturated carbocycles. The number of anilines is 1. The molecule has 1 aliphatic carbocycles. The average molecular weight is 649 g/mol. The maximum absolute atomic E-state index is 16.8. The minimum atomic E-state index is -2.63. The van der Waals surface area contributed by atoms with Gasteiger partial charge in [-0.05, 0) is 72.9 Å². The van der Waals surface area contributed by atoms with E-state index in [1.165, 1.54) is 30.3 Å². The molecule has 6 nitrogen and oxygen atoms in total. The van der Waals surface area contributed by atoms with Crippen LogP contribution in [-0.4, -0.2) is 70.4 Å². The maximum atomic E-state index is 16.8. The Morgan fingerprint density at radius 2 is 1.79 bits per heavy atom. The van der Waals surface area contributed by atoms with E-state index in [1.807, 2.05) is 4.90 Å². The van der Waals surface area contributed by atoms with Crippen LogP contribution in [-0.2, 0) is 0 Å². The van der Waals surface area contributed by atoms with Crippen LogP contribution >= 0.6 is 0 Å². The summed E-state index contributed by atoms with van der Waals surface area (Å²) in [5, 5.41) is 11.6. The number of fused-ring (bicyclic) bond motifs is 3. The van der Waals surface area contributed by atoms with Crippen LogP contribution in [0.25, 0.3) is 32.8 Å². The van der Waals surface area contributed by atoms with Crippen molar-refractivity contribution in [3.05, 3.63) is 53.6 Å². The SMILES string of the molecule is C#Cc1c(F)ccc2cc(O)cc(-c3ccc4c(N5CCC6(CC5)CC(F)(F)C6)nc(OC[C@@]56CCCN5C[C@H](F)C6)nc4c3F)c12. The summed E-state index contributed by atoms with van der Waals surface area (Å²) >= 11 is 0. The van der Waals surface area contributed by atoms with Gasteiger partial charge in [0.15, 0.2) is 5.82 Å². The molecular weight excluding hydrogens is 615 g/mol. The molecule has 4 aromatic rings. The van der Waals surface area contributed by atoms with E-state index in [4.69, 9.17) is 16.1 Å². The van der Waals surface area contributed by atoms with E-state index in [9.17, 15) is 22.7 Å². The first-order chi connectivity index (χ1) is 22.5. The van der Waals surface area contributed by atoms with E-state index in [1.54, 1.807) is 6.07 Å². The van der Waals surface area contributed by atoms with Crippen molar-refractivity contribution in [3.63, 3.8) is 0 Å². The summed E-state index contributed by atoms with van der Waals surface area (Å²) in [5.41, 5.74) is -0.762. The molecule has 0 unspecified atom stereocenters. The predicted molar refractivity (Wildman–Crippen MR) is 169 cm³/mol. The molecule has 2 atom stereocenters. The molecule has 47 heavy (non-hydrogen) atoms. The summed E-state index contributed by atoms with van der Waals surface area (Å²) in [6.07, 6.45) is 7.59. The number of halogens is 5. The van der Waals surface area contributed by atoms with Gasteiger partial charge in [0.25, 0.3) is 0 Å². The Balaban J connectivity index is 1.23.